The molecule has 0 aromatic heterocycles. The summed E-state index contributed by atoms with van der Waals surface area (Å²) >= 11 is 11.6. The summed E-state index contributed by atoms with van der Waals surface area (Å²) in [5.41, 5.74) is -0.468. The van der Waals surface area contributed by atoms with Crippen molar-refractivity contribution in [1.29, 1.82) is 0 Å². The van der Waals surface area contributed by atoms with E-state index in [1.54, 1.807) is 0 Å². The van der Waals surface area contributed by atoms with Crippen molar-refractivity contribution in [2.45, 2.75) is 6.92 Å². The molecule has 0 aliphatic carbocycles. The average Bonchev–Trinajstić information content (AvgIpc) is 2.37. The minimum absolute atomic E-state index is 0.0300. The minimum atomic E-state index is -0.927. The van der Waals surface area contributed by atoms with E-state index in [1.807, 2.05) is 0 Å². The van der Waals surface area contributed by atoms with Gasteiger partial charge in [-0.1, -0.05) is 29.3 Å². The number of rotatable bonds is 2. The first-order valence-electron chi connectivity index (χ1n) is 5.36. The van der Waals surface area contributed by atoms with Gasteiger partial charge in [-0.15, -0.1) is 0 Å². The van der Waals surface area contributed by atoms with E-state index < -0.39 is 23.0 Å². The number of carbonyl (C=O) groups excluding carboxylic acids is 1. The predicted octanol–water partition coefficient (Wildman–Crippen LogP) is 4.81. The molecule has 0 unspecified atom stereocenters. The highest BCUT2D eigenvalue weighted by atomic mass is 35.5. The zero-order valence-corrected chi connectivity index (χ0v) is 11.3. The van der Waals surface area contributed by atoms with E-state index in [-0.39, 0.29) is 21.2 Å². The monoisotopic (exact) mass is 300 g/mol. The highest BCUT2D eigenvalue weighted by Gasteiger charge is 2.22. The molecular weight excluding hydrogens is 293 g/mol. The Morgan fingerprint density at radius 3 is 2.47 bits per heavy atom. The summed E-state index contributed by atoms with van der Waals surface area (Å²) in [6.07, 6.45) is 0. The summed E-state index contributed by atoms with van der Waals surface area (Å²) < 4.78 is 27.6. The van der Waals surface area contributed by atoms with Gasteiger partial charge in [-0.05, 0) is 36.8 Å². The Bertz CT molecular complexity index is 669. The predicted molar refractivity (Wildman–Crippen MR) is 71.0 cm³/mol. The molecule has 2 rings (SSSR count). The zero-order chi connectivity index (χ0) is 14.2. The fourth-order valence-electron chi connectivity index (χ4n) is 1.67. The molecule has 19 heavy (non-hydrogen) atoms. The lowest BCUT2D eigenvalue weighted by Crippen LogP contribution is -2.09. The molecular formula is C14H8Cl2F2O. The van der Waals surface area contributed by atoms with Gasteiger partial charge in [0.1, 0.15) is 11.6 Å². The fourth-order valence-corrected chi connectivity index (χ4v) is 2.05. The number of benzene rings is 2. The van der Waals surface area contributed by atoms with Gasteiger partial charge < -0.3 is 0 Å². The maximum absolute atomic E-state index is 13.9. The number of halogens is 4. The molecule has 0 saturated heterocycles. The lowest BCUT2D eigenvalue weighted by atomic mass is 10.00. The van der Waals surface area contributed by atoms with Crippen LogP contribution in [-0.2, 0) is 0 Å². The molecule has 0 radical (unpaired) electrons. The Balaban J connectivity index is 2.63. The van der Waals surface area contributed by atoms with E-state index in [4.69, 9.17) is 23.2 Å². The first-order valence-corrected chi connectivity index (χ1v) is 6.11. The van der Waals surface area contributed by atoms with E-state index in [0.29, 0.717) is 0 Å². The van der Waals surface area contributed by atoms with Crippen molar-refractivity contribution in [3.8, 4) is 0 Å². The number of hydrogen-bond acceptors (Lipinski definition) is 1. The second-order valence-corrected chi connectivity index (χ2v) is 4.85. The molecule has 0 spiro atoms. The molecule has 98 valence electrons. The molecule has 2 aromatic rings. The highest BCUT2D eigenvalue weighted by molar-refractivity contribution is 6.36. The van der Waals surface area contributed by atoms with Crippen LogP contribution in [0.3, 0.4) is 0 Å². The van der Waals surface area contributed by atoms with Gasteiger partial charge >= 0.3 is 0 Å². The topological polar surface area (TPSA) is 17.1 Å². The molecule has 0 amide bonds. The Hall–Kier alpha value is -1.45. The number of hydrogen-bond donors (Lipinski definition) is 0. The molecule has 0 aliphatic rings. The average molecular weight is 301 g/mol. The van der Waals surface area contributed by atoms with Gasteiger partial charge in [0, 0.05) is 10.6 Å². The van der Waals surface area contributed by atoms with Crippen molar-refractivity contribution >= 4 is 29.0 Å². The van der Waals surface area contributed by atoms with E-state index in [1.165, 1.54) is 31.2 Å². The molecule has 2 aromatic carbocycles. The molecule has 1 nitrogen and oxygen atoms in total. The van der Waals surface area contributed by atoms with Crippen molar-refractivity contribution in [3.63, 3.8) is 0 Å². The van der Waals surface area contributed by atoms with Crippen molar-refractivity contribution in [1.82, 2.24) is 0 Å². The third-order valence-electron chi connectivity index (χ3n) is 2.68. The van der Waals surface area contributed by atoms with Gasteiger partial charge in [0.2, 0.25) is 0 Å². The van der Waals surface area contributed by atoms with Crippen LogP contribution in [-0.4, -0.2) is 5.78 Å². The summed E-state index contributed by atoms with van der Waals surface area (Å²) in [6, 6.07) is 6.49. The summed E-state index contributed by atoms with van der Waals surface area (Å²) in [4.78, 5) is 12.2. The maximum atomic E-state index is 13.9. The number of carbonyl (C=O) groups is 1. The first-order chi connectivity index (χ1) is 8.91. The van der Waals surface area contributed by atoms with Crippen LogP contribution in [0.1, 0.15) is 21.5 Å². The van der Waals surface area contributed by atoms with Crippen LogP contribution in [0.5, 0.6) is 0 Å². The smallest absolute Gasteiger partial charge is 0.200 e. The van der Waals surface area contributed by atoms with Gasteiger partial charge in [-0.25, -0.2) is 8.78 Å². The standard InChI is InChI=1S/C14H8Cl2F2O/c1-7-2-5-11(17)12(13(7)18)14(19)9-6-8(15)3-4-10(9)16/h2-6H,1H3. The summed E-state index contributed by atoms with van der Waals surface area (Å²) in [5.74, 6) is -2.64. The minimum Gasteiger partial charge on any atom is -0.288 e. The quantitative estimate of drug-likeness (QED) is 0.727. The molecule has 0 aliphatic heterocycles. The van der Waals surface area contributed by atoms with Crippen molar-refractivity contribution in [3.05, 3.63) is 68.7 Å². The molecule has 0 fully saturated rings. The van der Waals surface area contributed by atoms with E-state index in [9.17, 15) is 13.6 Å². The Morgan fingerprint density at radius 2 is 1.79 bits per heavy atom. The van der Waals surface area contributed by atoms with Gasteiger partial charge in [0.05, 0.1) is 10.6 Å². The lowest BCUT2D eigenvalue weighted by molar-refractivity contribution is 0.103. The van der Waals surface area contributed by atoms with E-state index in [2.05, 4.69) is 0 Å². The van der Waals surface area contributed by atoms with E-state index >= 15 is 0 Å². The Labute approximate surface area is 118 Å². The third-order valence-corrected chi connectivity index (χ3v) is 3.25. The highest BCUT2D eigenvalue weighted by Crippen LogP contribution is 2.26. The van der Waals surface area contributed by atoms with Crippen LogP contribution < -0.4 is 0 Å². The van der Waals surface area contributed by atoms with Crippen LogP contribution in [0.25, 0.3) is 0 Å². The second kappa shape index (κ2) is 5.27. The molecule has 0 atom stereocenters. The largest absolute Gasteiger partial charge is 0.288 e. The number of ketones is 1. The van der Waals surface area contributed by atoms with Crippen molar-refractivity contribution in [2.75, 3.05) is 0 Å². The van der Waals surface area contributed by atoms with Gasteiger partial charge in [-0.3, -0.25) is 4.79 Å². The maximum Gasteiger partial charge on any atom is 0.200 e. The third kappa shape index (κ3) is 2.62. The van der Waals surface area contributed by atoms with Crippen LogP contribution in [0.15, 0.2) is 30.3 Å². The van der Waals surface area contributed by atoms with Crippen LogP contribution in [0, 0.1) is 18.6 Å². The zero-order valence-electron chi connectivity index (χ0n) is 9.81. The van der Waals surface area contributed by atoms with Crippen LogP contribution in [0.2, 0.25) is 10.0 Å². The summed E-state index contributed by atoms with van der Waals surface area (Å²) in [7, 11) is 0. The normalized spacial score (nSPS) is 10.6. The molecule has 0 heterocycles. The Morgan fingerprint density at radius 1 is 1.11 bits per heavy atom. The molecule has 5 heteroatoms. The van der Waals surface area contributed by atoms with Crippen LogP contribution in [0.4, 0.5) is 8.78 Å². The first kappa shape index (κ1) is 14.0. The van der Waals surface area contributed by atoms with Crippen LogP contribution >= 0.6 is 23.2 Å². The van der Waals surface area contributed by atoms with E-state index in [0.717, 1.165) is 6.07 Å². The fraction of sp³-hybridized carbons (Fsp3) is 0.0714. The van der Waals surface area contributed by atoms with Crippen molar-refractivity contribution in [2.24, 2.45) is 0 Å². The summed E-state index contributed by atoms with van der Waals surface area (Å²) in [5, 5.41) is 0.357. The number of aryl methyl sites for hydroxylation is 1. The van der Waals surface area contributed by atoms with Gasteiger partial charge in [0.15, 0.2) is 5.78 Å². The molecule has 0 saturated carbocycles. The van der Waals surface area contributed by atoms with Gasteiger partial charge in [0.25, 0.3) is 0 Å². The molecule has 0 N–H and O–H groups in total. The lowest BCUT2D eigenvalue weighted by Gasteiger charge is -2.08. The van der Waals surface area contributed by atoms with Gasteiger partial charge in [-0.2, -0.15) is 0 Å². The molecule has 0 bridgehead atoms. The second-order valence-electron chi connectivity index (χ2n) is 4.01. The Kier molecular flexibility index (Phi) is 3.88. The summed E-state index contributed by atoms with van der Waals surface area (Å²) in [6.45, 7) is 1.45. The van der Waals surface area contributed by atoms with Crippen molar-refractivity contribution < 1.29 is 13.6 Å². The SMILES string of the molecule is Cc1ccc(F)c(C(=O)c2cc(Cl)ccc2Cl)c1F.